The Kier molecular flexibility index (Phi) is 3.99. The van der Waals surface area contributed by atoms with E-state index in [1.165, 1.54) is 0 Å². The Morgan fingerprint density at radius 2 is 1.88 bits per heavy atom. The van der Waals surface area contributed by atoms with Crippen LogP contribution in [-0.4, -0.2) is 19.0 Å². The lowest BCUT2D eigenvalue weighted by atomic mass is 10.0. The van der Waals surface area contributed by atoms with Crippen LogP contribution in [0.3, 0.4) is 0 Å². The van der Waals surface area contributed by atoms with Crippen LogP contribution in [0.5, 0.6) is 0 Å². The summed E-state index contributed by atoms with van der Waals surface area (Å²) in [6.07, 6.45) is 0. The van der Waals surface area contributed by atoms with Gasteiger partial charge in [-0.25, -0.2) is 0 Å². The topological polar surface area (TPSA) is 72.3 Å². The summed E-state index contributed by atoms with van der Waals surface area (Å²) in [7, 11) is 1.93. The molecule has 4 heteroatoms. The second-order valence-electron chi connectivity index (χ2n) is 4.70. The van der Waals surface area contributed by atoms with Gasteiger partial charge in [0, 0.05) is 13.1 Å². The summed E-state index contributed by atoms with van der Waals surface area (Å²) in [5.41, 5.74) is 13.1. The molecule has 1 unspecified atom stereocenters. The predicted octanol–water partition coefficient (Wildman–Crippen LogP) is 1.85. The first-order valence-corrected chi connectivity index (χ1v) is 5.77. The quantitative estimate of drug-likeness (QED) is 0.782. The van der Waals surface area contributed by atoms with E-state index in [1.54, 1.807) is 18.2 Å². The van der Waals surface area contributed by atoms with Crippen molar-refractivity contribution in [3.05, 3.63) is 23.8 Å². The fourth-order valence-corrected chi connectivity index (χ4v) is 1.80. The van der Waals surface area contributed by atoms with Gasteiger partial charge in [0.05, 0.1) is 16.9 Å². The van der Waals surface area contributed by atoms with Crippen molar-refractivity contribution in [2.45, 2.75) is 26.8 Å². The van der Waals surface area contributed by atoms with E-state index in [0.29, 0.717) is 17.2 Å². The van der Waals surface area contributed by atoms with Crippen molar-refractivity contribution in [1.82, 2.24) is 0 Å². The van der Waals surface area contributed by atoms with Crippen LogP contribution in [0, 0.1) is 5.92 Å². The van der Waals surface area contributed by atoms with Crippen LogP contribution in [0.4, 0.5) is 11.4 Å². The van der Waals surface area contributed by atoms with Gasteiger partial charge in [0.2, 0.25) is 0 Å². The molecule has 17 heavy (non-hydrogen) atoms. The van der Waals surface area contributed by atoms with Gasteiger partial charge in [-0.1, -0.05) is 19.9 Å². The molecule has 1 amide bonds. The van der Waals surface area contributed by atoms with E-state index in [9.17, 15) is 4.79 Å². The fraction of sp³-hybridized carbons (Fsp3) is 0.462. The highest BCUT2D eigenvalue weighted by molar-refractivity contribution is 6.01. The Morgan fingerprint density at radius 1 is 1.29 bits per heavy atom. The Morgan fingerprint density at radius 3 is 2.35 bits per heavy atom. The van der Waals surface area contributed by atoms with Gasteiger partial charge in [0.1, 0.15) is 0 Å². The Bertz CT molecular complexity index is 415. The fourth-order valence-electron chi connectivity index (χ4n) is 1.80. The highest BCUT2D eigenvalue weighted by atomic mass is 16.1. The number of hydrogen-bond acceptors (Lipinski definition) is 3. The predicted molar refractivity (Wildman–Crippen MR) is 72.1 cm³/mol. The third-order valence-electron chi connectivity index (χ3n) is 3.26. The molecule has 1 aromatic carbocycles. The molecule has 1 rings (SSSR count). The summed E-state index contributed by atoms with van der Waals surface area (Å²) in [6, 6.07) is 5.51. The lowest BCUT2D eigenvalue weighted by Crippen LogP contribution is -2.35. The SMILES string of the molecule is CC(C)C(C)N(C)c1c(N)cccc1C(N)=O. The molecule has 0 saturated heterocycles. The third kappa shape index (κ3) is 2.70. The van der Waals surface area contributed by atoms with Gasteiger partial charge in [-0.15, -0.1) is 0 Å². The Labute approximate surface area is 103 Å². The first-order valence-electron chi connectivity index (χ1n) is 5.77. The molecule has 0 aromatic heterocycles. The number of amides is 1. The van der Waals surface area contributed by atoms with E-state index < -0.39 is 5.91 Å². The van der Waals surface area contributed by atoms with Crippen molar-refractivity contribution in [3.63, 3.8) is 0 Å². The zero-order chi connectivity index (χ0) is 13.2. The summed E-state index contributed by atoms with van der Waals surface area (Å²) in [6.45, 7) is 6.36. The van der Waals surface area contributed by atoms with Gasteiger partial charge in [0.15, 0.2) is 0 Å². The number of carbonyl (C=O) groups excluding carboxylic acids is 1. The Hall–Kier alpha value is -1.71. The summed E-state index contributed by atoms with van der Waals surface area (Å²) in [5.74, 6) is 0.00967. The van der Waals surface area contributed by atoms with Crippen molar-refractivity contribution in [2.24, 2.45) is 11.7 Å². The molecule has 0 bridgehead atoms. The highest BCUT2D eigenvalue weighted by Crippen LogP contribution is 2.29. The van der Waals surface area contributed by atoms with Crippen LogP contribution in [0.1, 0.15) is 31.1 Å². The number of para-hydroxylation sites is 1. The zero-order valence-electron chi connectivity index (χ0n) is 10.9. The van der Waals surface area contributed by atoms with Gasteiger partial charge >= 0.3 is 0 Å². The first kappa shape index (κ1) is 13.4. The molecular formula is C13H21N3O. The second kappa shape index (κ2) is 5.08. The molecule has 94 valence electrons. The van der Waals surface area contributed by atoms with Crippen LogP contribution >= 0.6 is 0 Å². The van der Waals surface area contributed by atoms with Gasteiger partial charge in [-0.2, -0.15) is 0 Å². The Balaban J connectivity index is 3.24. The maximum Gasteiger partial charge on any atom is 0.250 e. The maximum atomic E-state index is 11.4. The van der Waals surface area contributed by atoms with E-state index in [1.807, 2.05) is 11.9 Å². The first-order chi connectivity index (χ1) is 7.86. The average molecular weight is 235 g/mol. The summed E-state index contributed by atoms with van der Waals surface area (Å²) in [4.78, 5) is 13.4. The number of hydrogen-bond donors (Lipinski definition) is 2. The van der Waals surface area contributed by atoms with Crippen LogP contribution in [-0.2, 0) is 0 Å². The van der Waals surface area contributed by atoms with Crippen LogP contribution < -0.4 is 16.4 Å². The minimum Gasteiger partial charge on any atom is -0.397 e. The van der Waals surface area contributed by atoms with Crippen LogP contribution in [0.2, 0.25) is 0 Å². The molecule has 4 nitrogen and oxygen atoms in total. The van der Waals surface area contributed by atoms with Gasteiger partial charge in [-0.05, 0) is 25.0 Å². The monoisotopic (exact) mass is 235 g/mol. The molecule has 0 saturated carbocycles. The zero-order valence-corrected chi connectivity index (χ0v) is 10.9. The van der Waals surface area contributed by atoms with E-state index in [0.717, 1.165) is 5.69 Å². The molecule has 4 N–H and O–H groups in total. The molecule has 1 atom stereocenters. The molecule has 0 radical (unpaired) electrons. The number of nitrogens with zero attached hydrogens (tertiary/aromatic N) is 1. The van der Waals surface area contributed by atoms with Gasteiger partial charge < -0.3 is 16.4 Å². The third-order valence-corrected chi connectivity index (χ3v) is 3.26. The summed E-state index contributed by atoms with van der Waals surface area (Å²) >= 11 is 0. The molecule has 1 aromatic rings. The van der Waals surface area contributed by atoms with Crippen LogP contribution in [0.25, 0.3) is 0 Å². The standard InChI is InChI=1S/C13H21N3O/c1-8(2)9(3)16(4)12-10(13(15)17)6-5-7-11(12)14/h5-9H,14H2,1-4H3,(H2,15,17). The van der Waals surface area contributed by atoms with Crippen molar-refractivity contribution >= 4 is 17.3 Å². The van der Waals surface area contributed by atoms with Crippen molar-refractivity contribution in [1.29, 1.82) is 0 Å². The molecule has 0 aliphatic rings. The number of rotatable bonds is 4. The van der Waals surface area contributed by atoms with Crippen LogP contribution in [0.15, 0.2) is 18.2 Å². The summed E-state index contributed by atoms with van der Waals surface area (Å²) in [5, 5.41) is 0. The molecule has 0 fully saturated rings. The molecule has 0 heterocycles. The molecule has 0 aliphatic carbocycles. The number of anilines is 2. The average Bonchev–Trinajstić information content (AvgIpc) is 2.26. The van der Waals surface area contributed by atoms with Gasteiger partial charge in [-0.3, -0.25) is 4.79 Å². The molecule has 0 spiro atoms. The van der Waals surface area contributed by atoms with E-state index in [4.69, 9.17) is 11.5 Å². The number of primary amides is 1. The number of carbonyl (C=O) groups is 1. The lowest BCUT2D eigenvalue weighted by Gasteiger charge is -2.32. The van der Waals surface area contributed by atoms with E-state index in [-0.39, 0.29) is 6.04 Å². The number of nitrogen functional groups attached to an aromatic ring is 1. The minimum atomic E-state index is -0.449. The number of nitrogens with two attached hydrogens (primary N) is 2. The van der Waals surface area contributed by atoms with E-state index >= 15 is 0 Å². The van der Waals surface area contributed by atoms with Crippen molar-refractivity contribution in [2.75, 3.05) is 17.7 Å². The van der Waals surface area contributed by atoms with Gasteiger partial charge in [0.25, 0.3) is 5.91 Å². The second-order valence-corrected chi connectivity index (χ2v) is 4.70. The maximum absolute atomic E-state index is 11.4. The highest BCUT2D eigenvalue weighted by Gasteiger charge is 2.20. The van der Waals surface area contributed by atoms with Crippen molar-refractivity contribution in [3.8, 4) is 0 Å². The smallest absolute Gasteiger partial charge is 0.250 e. The number of benzene rings is 1. The molecule has 0 aliphatic heterocycles. The summed E-state index contributed by atoms with van der Waals surface area (Å²) < 4.78 is 0. The van der Waals surface area contributed by atoms with Crippen molar-refractivity contribution < 1.29 is 4.79 Å². The normalized spacial score (nSPS) is 12.5. The molecular weight excluding hydrogens is 214 g/mol. The van der Waals surface area contributed by atoms with E-state index in [2.05, 4.69) is 20.8 Å². The largest absolute Gasteiger partial charge is 0.397 e. The lowest BCUT2D eigenvalue weighted by molar-refractivity contribution is 0.100. The minimum absolute atomic E-state index is 0.276.